The molecule has 0 radical (unpaired) electrons. The van der Waals surface area contributed by atoms with Gasteiger partial charge in [0.25, 0.3) is 0 Å². The summed E-state index contributed by atoms with van der Waals surface area (Å²) >= 11 is 0. The van der Waals surface area contributed by atoms with Crippen LogP contribution in [0.3, 0.4) is 0 Å². The molecule has 1 saturated heterocycles. The largest absolute Gasteiger partial charge is 0.333 e. The minimum atomic E-state index is 0.163. The van der Waals surface area contributed by atoms with Crippen LogP contribution in [0.5, 0.6) is 0 Å². The maximum absolute atomic E-state index is 12.0. The van der Waals surface area contributed by atoms with Gasteiger partial charge in [0, 0.05) is 12.5 Å². The number of hydrogen-bond donors (Lipinski definition) is 0. The Balaban J connectivity index is 2.19. The van der Waals surface area contributed by atoms with E-state index in [9.17, 15) is 4.79 Å². The highest BCUT2D eigenvalue weighted by atomic mass is 16.2. The second-order valence-electron chi connectivity index (χ2n) is 4.60. The minimum absolute atomic E-state index is 0.163. The van der Waals surface area contributed by atoms with Crippen molar-refractivity contribution >= 4 is 5.91 Å². The molecule has 0 spiro atoms. The predicted molar refractivity (Wildman–Crippen MR) is 69.5 cm³/mol. The van der Waals surface area contributed by atoms with E-state index in [0.717, 1.165) is 12.8 Å². The molecule has 90 valence electrons. The van der Waals surface area contributed by atoms with Crippen molar-refractivity contribution in [2.24, 2.45) is 0 Å². The fraction of sp³-hybridized carbons (Fsp3) is 0.400. The molecule has 0 bridgehead atoms. The van der Waals surface area contributed by atoms with E-state index >= 15 is 0 Å². The first-order valence-corrected chi connectivity index (χ1v) is 6.21. The Kier molecular flexibility index (Phi) is 3.62. The summed E-state index contributed by atoms with van der Waals surface area (Å²) in [6, 6.07) is 10.7. The number of likely N-dealkylation sites (tertiary alicyclic amines) is 1. The molecule has 1 fully saturated rings. The lowest BCUT2D eigenvalue weighted by Gasteiger charge is -2.30. The lowest BCUT2D eigenvalue weighted by Crippen LogP contribution is -2.35. The predicted octanol–water partition coefficient (Wildman–Crippen LogP) is 3.31. The Morgan fingerprint density at radius 2 is 2.18 bits per heavy atom. The van der Waals surface area contributed by atoms with Crippen molar-refractivity contribution < 1.29 is 4.79 Å². The molecule has 0 N–H and O–H groups in total. The average molecular weight is 229 g/mol. The molecule has 0 unspecified atom stereocenters. The quantitative estimate of drug-likeness (QED) is 0.725. The fourth-order valence-electron chi connectivity index (χ4n) is 2.61. The first-order valence-electron chi connectivity index (χ1n) is 6.21. The Labute approximate surface area is 103 Å². The Bertz CT molecular complexity index is 399. The van der Waals surface area contributed by atoms with Crippen molar-refractivity contribution in [3.8, 4) is 0 Å². The van der Waals surface area contributed by atoms with Crippen molar-refractivity contribution in [2.75, 3.05) is 0 Å². The molecule has 0 aromatic heterocycles. The number of benzene rings is 1. The molecule has 1 aliphatic rings. The topological polar surface area (TPSA) is 20.3 Å². The zero-order valence-electron chi connectivity index (χ0n) is 10.3. The van der Waals surface area contributed by atoms with Crippen molar-refractivity contribution in [3.05, 3.63) is 48.6 Å². The molecule has 1 heterocycles. The first kappa shape index (κ1) is 11.9. The van der Waals surface area contributed by atoms with Gasteiger partial charge in [0.2, 0.25) is 5.91 Å². The molecule has 0 aliphatic carbocycles. The Morgan fingerprint density at radius 1 is 1.47 bits per heavy atom. The average Bonchev–Trinajstić information content (AvgIpc) is 2.71. The number of hydrogen-bond acceptors (Lipinski definition) is 1. The SMILES string of the molecule is C=CC[C@H]1CCC(=O)N1[C@H](C)c1ccccc1. The van der Waals surface area contributed by atoms with Crippen LogP contribution in [0.15, 0.2) is 43.0 Å². The van der Waals surface area contributed by atoms with Crippen LogP contribution in [-0.2, 0) is 4.79 Å². The van der Waals surface area contributed by atoms with E-state index < -0.39 is 0 Å². The maximum Gasteiger partial charge on any atom is 0.223 e. The molecule has 1 aliphatic heterocycles. The highest BCUT2D eigenvalue weighted by Crippen LogP contribution is 2.31. The molecule has 17 heavy (non-hydrogen) atoms. The van der Waals surface area contributed by atoms with Gasteiger partial charge >= 0.3 is 0 Å². The summed E-state index contributed by atoms with van der Waals surface area (Å²) in [6.45, 7) is 5.88. The highest BCUT2D eigenvalue weighted by molar-refractivity contribution is 5.79. The van der Waals surface area contributed by atoms with Gasteiger partial charge in [-0.3, -0.25) is 4.79 Å². The maximum atomic E-state index is 12.0. The number of rotatable bonds is 4. The van der Waals surface area contributed by atoms with Crippen LogP contribution in [0.4, 0.5) is 0 Å². The third kappa shape index (κ3) is 2.41. The first-order chi connectivity index (χ1) is 8.24. The van der Waals surface area contributed by atoms with E-state index in [1.54, 1.807) is 0 Å². The van der Waals surface area contributed by atoms with Gasteiger partial charge in [-0.25, -0.2) is 0 Å². The minimum Gasteiger partial charge on any atom is -0.333 e. The van der Waals surface area contributed by atoms with Gasteiger partial charge in [0.15, 0.2) is 0 Å². The van der Waals surface area contributed by atoms with Crippen LogP contribution in [0.25, 0.3) is 0 Å². The van der Waals surface area contributed by atoms with Crippen LogP contribution in [0.2, 0.25) is 0 Å². The highest BCUT2D eigenvalue weighted by Gasteiger charge is 2.33. The van der Waals surface area contributed by atoms with E-state index in [2.05, 4.69) is 25.6 Å². The van der Waals surface area contributed by atoms with Crippen LogP contribution in [0.1, 0.15) is 37.8 Å². The lowest BCUT2D eigenvalue weighted by molar-refractivity contribution is -0.131. The van der Waals surface area contributed by atoms with Gasteiger partial charge in [-0.2, -0.15) is 0 Å². The van der Waals surface area contributed by atoms with E-state index in [-0.39, 0.29) is 11.9 Å². The summed E-state index contributed by atoms with van der Waals surface area (Å²) in [5.41, 5.74) is 1.21. The van der Waals surface area contributed by atoms with E-state index in [1.807, 2.05) is 29.2 Å². The van der Waals surface area contributed by atoms with Gasteiger partial charge in [0.05, 0.1) is 6.04 Å². The van der Waals surface area contributed by atoms with Crippen LogP contribution in [-0.4, -0.2) is 16.8 Å². The third-order valence-corrected chi connectivity index (χ3v) is 3.51. The number of amides is 1. The van der Waals surface area contributed by atoms with Crippen molar-refractivity contribution in [2.45, 2.75) is 38.3 Å². The molecule has 2 nitrogen and oxygen atoms in total. The third-order valence-electron chi connectivity index (χ3n) is 3.51. The Morgan fingerprint density at radius 3 is 2.82 bits per heavy atom. The van der Waals surface area contributed by atoms with Gasteiger partial charge in [-0.15, -0.1) is 6.58 Å². The van der Waals surface area contributed by atoms with Crippen LogP contribution >= 0.6 is 0 Å². The van der Waals surface area contributed by atoms with Gasteiger partial charge < -0.3 is 4.90 Å². The van der Waals surface area contributed by atoms with Gasteiger partial charge in [-0.05, 0) is 25.3 Å². The number of nitrogens with zero attached hydrogens (tertiary/aromatic N) is 1. The zero-order chi connectivity index (χ0) is 12.3. The summed E-state index contributed by atoms with van der Waals surface area (Å²) in [4.78, 5) is 14.0. The molecule has 1 amide bonds. The van der Waals surface area contributed by atoms with Crippen molar-refractivity contribution in [1.82, 2.24) is 4.90 Å². The van der Waals surface area contributed by atoms with E-state index in [1.165, 1.54) is 5.56 Å². The number of carbonyl (C=O) groups excluding carboxylic acids is 1. The second kappa shape index (κ2) is 5.17. The number of carbonyl (C=O) groups is 1. The molecule has 1 aromatic carbocycles. The standard InChI is InChI=1S/C15H19NO/c1-3-7-14-10-11-15(17)16(14)12(2)13-8-5-4-6-9-13/h3-6,8-9,12,14H,1,7,10-11H2,2H3/t12-,14+/m1/s1. The summed E-state index contributed by atoms with van der Waals surface area (Å²) in [6.07, 6.45) is 4.44. The van der Waals surface area contributed by atoms with E-state index in [0.29, 0.717) is 12.5 Å². The van der Waals surface area contributed by atoms with Crippen LogP contribution in [0, 0.1) is 0 Å². The second-order valence-corrected chi connectivity index (χ2v) is 4.60. The summed E-state index contributed by atoms with van der Waals surface area (Å²) in [7, 11) is 0. The van der Waals surface area contributed by atoms with Crippen molar-refractivity contribution in [3.63, 3.8) is 0 Å². The smallest absolute Gasteiger partial charge is 0.223 e. The van der Waals surface area contributed by atoms with Crippen LogP contribution < -0.4 is 0 Å². The monoisotopic (exact) mass is 229 g/mol. The van der Waals surface area contributed by atoms with E-state index in [4.69, 9.17) is 0 Å². The fourth-order valence-corrected chi connectivity index (χ4v) is 2.61. The summed E-state index contributed by atoms with van der Waals surface area (Å²) in [5.74, 6) is 0.271. The molecular weight excluding hydrogens is 210 g/mol. The summed E-state index contributed by atoms with van der Waals surface area (Å²) < 4.78 is 0. The molecule has 2 heteroatoms. The van der Waals surface area contributed by atoms with Gasteiger partial charge in [-0.1, -0.05) is 36.4 Å². The molecule has 0 saturated carbocycles. The van der Waals surface area contributed by atoms with Gasteiger partial charge in [0.1, 0.15) is 0 Å². The molecular formula is C15H19NO. The normalized spacial score (nSPS) is 21.6. The summed E-state index contributed by atoms with van der Waals surface area (Å²) in [5, 5.41) is 0. The Hall–Kier alpha value is -1.57. The van der Waals surface area contributed by atoms with Crippen molar-refractivity contribution in [1.29, 1.82) is 0 Å². The molecule has 2 rings (SSSR count). The molecule has 1 aromatic rings. The molecule has 2 atom stereocenters. The lowest BCUT2D eigenvalue weighted by atomic mass is 10.0. The zero-order valence-corrected chi connectivity index (χ0v) is 10.3.